The lowest BCUT2D eigenvalue weighted by molar-refractivity contribution is 0.0610. The molecule has 2 fully saturated rings. The molecule has 1 aromatic carbocycles. The second kappa shape index (κ2) is 14.2. The molecule has 1 atom stereocenters. The Labute approximate surface area is 257 Å². The smallest absolute Gasteiger partial charge is 0.273 e. The maximum Gasteiger partial charge on any atom is 0.273 e. The van der Waals surface area contributed by atoms with Crippen LogP contribution in [-0.4, -0.2) is 98.2 Å². The summed E-state index contributed by atoms with van der Waals surface area (Å²) in [5, 5.41) is 12.7. The number of piperazine rings is 1. The highest BCUT2D eigenvalue weighted by Gasteiger charge is 2.34. The van der Waals surface area contributed by atoms with Crippen LogP contribution in [0.2, 0.25) is 10.2 Å². The van der Waals surface area contributed by atoms with Gasteiger partial charge in [0.15, 0.2) is 22.5 Å². The van der Waals surface area contributed by atoms with Gasteiger partial charge in [-0.15, -0.1) is 0 Å². The van der Waals surface area contributed by atoms with Crippen LogP contribution in [0.1, 0.15) is 47.8 Å². The zero-order valence-corrected chi connectivity index (χ0v) is 26.1. The quantitative estimate of drug-likeness (QED) is 0.329. The van der Waals surface area contributed by atoms with E-state index in [1.165, 1.54) is 0 Å². The van der Waals surface area contributed by atoms with Crippen LogP contribution in [0.3, 0.4) is 0 Å². The van der Waals surface area contributed by atoms with Crippen LogP contribution in [0.25, 0.3) is 0 Å². The number of carbonyl (C=O) groups excluding carboxylic acids is 1. The number of halogens is 2. The summed E-state index contributed by atoms with van der Waals surface area (Å²) < 4.78 is 24.7. The minimum absolute atomic E-state index is 0.0361. The van der Waals surface area contributed by atoms with Crippen LogP contribution in [0.5, 0.6) is 0 Å². The number of piperidine rings is 1. The lowest BCUT2D eigenvalue weighted by atomic mass is 9.97. The molecule has 15 heteroatoms. The van der Waals surface area contributed by atoms with E-state index in [0.29, 0.717) is 41.6 Å². The van der Waals surface area contributed by atoms with E-state index in [1.807, 2.05) is 12.1 Å². The van der Waals surface area contributed by atoms with Crippen molar-refractivity contribution in [1.82, 2.24) is 29.8 Å². The number of hydrogen-bond acceptors (Lipinski definition) is 10. The Morgan fingerprint density at radius 2 is 1.90 bits per heavy atom. The summed E-state index contributed by atoms with van der Waals surface area (Å²) in [5.74, 6) is -0.161. The van der Waals surface area contributed by atoms with E-state index < -0.39 is 15.9 Å². The van der Waals surface area contributed by atoms with Gasteiger partial charge in [0.25, 0.3) is 5.91 Å². The van der Waals surface area contributed by atoms with Gasteiger partial charge in [-0.3, -0.25) is 14.6 Å². The largest absolute Gasteiger partial charge is 0.382 e. The van der Waals surface area contributed by atoms with E-state index >= 15 is 0 Å². The first kappa shape index (κ1) is 32.2. The third kappa shape index (κ3) is 8.21. The Kier molecular flexibility index (Phi) is 10.9. The van der Waals surface area contributed by atoms with Gasteiger partial charge in [0.1, 0.15) is 0 Å². The first-order valence-corrected chi connectivity index (χ1v) is 16.6. The summed E-state index contributed by atoms with van der Waals surface area (Å²) in [6.07, 6.45) is 4.08. The number of nitrogens with two attached hydrogens (primary N) is 1. The second-order valence-corrected chi connectivity index (χ2v) is 13.3. The Balaban J connectivity index is 1.33. The Bertz CT molecular complexity index is 1430. The van der Waals surface area contributed by atoms with E-state index in [2.05, 4.69) is 47.7 Å². The fraction of sp³-hybridized carbons (Fsp3) is 0.556. The van der Waals surface area contributed by atoms with E-state index in [9.17, 15) is 18.5 Å². The molecule has 2 saturated heterocycles. The molecule has 0 saturated carbocycles. The number of hydrogen-bond donors (Lipinski definition) is 3. The summed E-state index contributed by atoms with van der Waals surface area (Å²) >= 11 is 12.6. The number of nitriles is 1. The van der Waals surface area contributed by atoms with Crippen molar-refractivity contribution in [2.75, 3.05) is 62.7 Å². The molecule has 42 heavy (non-hydrogen) atoms. The predicted molar refractivity (Wildman–Crippen MR) is 164 cm³/mol. The number of nitrogens with one attached hydrogen (secondary N) is 2. The predicted octanol–water partition coefficient (Wildman–Crippen LogP) is 2.08. The molecule has 0 radical (unpaired) electrons. The van der Waals surface area contributed by atoms with Gasteiger partial charge in [-0.1, -0.05) is 36.2 Å². The number of rotatable bonds is 10. The van der Waals surface area contributed by atoms with E-state index in [0.717, 1.165) is 57.3 Å². The highest BCUT2D eigenvalue weighted by atomic mass is 35.5. The second-order valence-electron chi connectivity index (χ2n) is 10.7. The van der Waals surface area contributed by atoms with Gasteiger partial charge in [-0.05, 0) is 50.0 Å². The minimum atomic E-state index is -3.36. The molecule has 2 aliphatic heterocycles. The van der Waals surface area contributed by atoms with Crippen molar-refractivity contribution >= 4 is 50.8 Å². The summed E-state index contributed by atoms with van der Waals surface area (Å²) in [7, 11) is -3.36. The van der Waals surface area contributed by atoms with Crippen LogP contribution in [0.4, 0.5) is 11.6 Å². The first-order valence-electron chi connectivity index (χ1n) is 14.0. The number of aromatic nitrogens is 2. The standard InChI is InChI=1S/C27H37Cl2N9O3S/c1-3-21-17-37(26-24(29)34-23(25(31)35-26)27(39)32-8-9-33-42(2,40)41)12-13-38(21)22-6-10-36(11-7-22)16-18-4-5-20(28)14-19(18)15-30/h4-5,14,21-22,33H,3,6-13,16-17H2,1-2H3,(H2,31,35)(H,32,39)/t21-/m0/s1. The van der Waals surface area contributed by atoms with Gasteiger partial charge in [0, 0.05) is 56.4 Å². The summed E-state index contributed by atoms with van der Waals surface area (Å²) in [4.78, 5) is 28.3. The van der Waals surface area contributed by atoms with E-state index in [1.54, 1.807) is 6.07 Å². The van der Waals surface area contributed by atoms with Crippen molar-refractivity contribution in [3.8, 4) is 6.07 Å². The molecule has 4 N–H and O–H groups in total. The fourth-order valence-corrected chi connectivity index (χ4v) is 6.52. The molecule has 4 rings (SSSR count). The SMILES string of the molecule is CC[C@H]1CN(c2nc(N)c(C(=O)NCCNS(C)(=O)=O)nc2Cl)CCN1C1CCN(Cc2ccc(Cl)cc2C#N)CC1. The van der Waals surface area contributed by atoms with Gasteiger partial charge in [0.2, 0.25) is 10.0 Å². The van der Waals surface area contributed by atoms with Crippen LogP contribution < -0.4 is 20.7 Å². The molecule has 0 aliphatic carbocycles. The lowest BCUT2D eigenvalue weighted by Gasteiger charge is -2.47. The Morgan fingerprint density at radius 3 is 2.57 bits per heavy atom. The Morgan fingerprint density at radius 1 is 1.17 bits per heavy atom. The topological polar surface area (TPSA) is 161 Å². The Hall–Kier alpha value is -2.73. The molecule has 1 amide bonds. The number of amides is 1. The maximum absolute atomic E-state index is 12.5. The summed E-state index contributed by atoms with van der Waals surface area (Å²) in [6.45, 7) is 7.17. The minimum Gasteiger partial charge on any atom is -0.382 e. The monoisotopic (exact) mass is 637 g/mol. The van der Waals surface area contributed by atoms with Crippen LogP contribution in [0, 0.1) is 11.3 Å². The third-order valence-electron chi connectivity index (χ3n) is 7.76. The number of nitrogens with zero attached hydrogens (tertiary/aromatic N) is 6. The molecule has 2 aromatic rings. The third-order valence-corrected chi connectivity index (χ3v) is 8.98. The molecule has 228 valence electrons. The van der Waals surface area contributed by atoms with Crippen LogP contribution >= 0.6 is 23.2 Å². The average Bonchev–Trinajstić information content (AvgIpc) is 2.96. The fourth-order valence-electron chi connectivity index (χ4n) is 5.63. The molecule has 12 nitrogen and oxygen atoms in total. The molecule has 0 bridgehead atoms. The van der Waals surface area contributed by atoms with Gasteiger partial charge in [-0.2, -0.15) is 5.26 Å². The van der Waals surface area contributed by atoms with Crippen molar-refractivity contribution in [1.29, 1.82) is 5.26 Å². The van der Waals surface area contributed by atoms with Crippen molar-refractivity contribution in [2.45, 2.75) is 44.8 Å². The van der Waals surface area contributed by atoms with E-state index in [-0.39, 0.29) is 29.8 Å². The van der Waals surface area contributed by atoms with E-state index in [4.69, 9.17) is 28.9 Å². The summed E-state index contributed by atoms with van der Waals surface area (Å²) in [6, 6.07) is 8.52. The molecule has 0 unspecified atom stereocenters. The summed E-state index contributed by atoms with van der Waals surface area (Å²) in [5.41, 5.74) is 7.64. The van der Waals surface area contributed by atoms with Gasteiger partial charge < -0.3 is 16.0 Å². The molecular weight excluding hydrogens is 601 g/mol. The van der Waals surface area contributed by atoms with Crippen molar-refractivity contribution < 1.29 is 13.2 Å². The molecule has 3 heterocycles. The number of likely N-dealkylation sites (tertiary alicyclic amines) is 1. The van der Waals surface area contributed by atoms with Crippen LogP contribution in [0.15, 0.2) is 18.2 Å². The first-order chi connectivity index (χ1) is 20.0. The number of anilines is 2. The number of sulfonamides is 1. The van der Waals surface area contributed by atoms with Crippen LogP contribution in [-0.2, 0) is 16.6 Å². The number of nitrogen functional groups attached to an aromatic ring is 1. The highest BCUT2D eigenvalue weighted by Crippen LogP contribution is 2.30. The van der Waals surface area contributed by atoms with Crippen molar-refractivity contribution in [3.63, 3.8) is 0 Å². The van der Waals surface area contributed by atoms with Gasteiger partial charge in [0.05, 0.1) is 17.9 Å². The highest BCUT2D eigenvalue weighted by molar-refractivity contribution is 7.88. The molecule has 1 aromatic heterocycles. The lowest BCUT2D eigenvalue weighted by Crippen LogP contribution is -2.58. The molecular formula is C27H37Cl2N9O3S. The van der Waals surface area contributed by atoms with Crippen molar-refractivity contribution in [3.05, 3.63) is 45.2 Å². The number of benzene rings is 1. The van der Waals surface area contributed by atoms with Crippen molar-refractivity contribution in [2.24, 2.45) is 0 Å². The number of carbonyl (C=O) groups is 1. The average molecular weight is 639 g/mol. The molecule has 2 aliphatic rings. The normalized spacial score (nSPS) is 19.0. The maximum atomic E-state index is 12.5. The zero-order chi connectivity index (χ0) is 30.4. The zero-order valence-electron chi connectivity index (χ0n) is 23.8. The molecule has 0 spiro atoms. The van der Waals surface area contributed by atoms with Gasteiger partial charge in [-0.25, -0.2) is 23.1 Å². The van der Waals surface area contributed by atoms with Gasteiger partial charge >= 0.3 is 0 Å².